The van der Waals surface area contributed by atoms with Gasteiger partial charge >= 0.3 is 0 Å². The molecule has 2 aliphatic heterocycles. The zero-order valence-electron chi connectivity index (χ0n) is 17.0. The molecule has 11 heteroatoms. The van der Waals surface area contributed by atoms with Crippen LogP contribution in [0.4, 0.5) is 4.39 Å². The van der Waals surface area contributed by atoms with Gasteiger partial charge in [0.2, 0.25) is 0 Å². The third-order valence-electron chi connectivity index (χ3n) is 5.44. The van der Waals surface area contributed by atoms with Gasteiger partial charge in [0, 0.05) is 20.2 Å². The molecule has 3 heterocycles. The first kappa shape index (κ1) is 20.8. The van der Waals surface area contributed by atoms with Crippen molar-refractivity contribution in [2.45, 2.75) is 38.0 Å². The molecule has 1 saturated heterocycles. The Hall–Kier alpha value is -3.47. The lowest BCUT2D eigenvalue weighted by Gasteiger charge is -2.35. The Bertz CT molecular complexity index is 1060. The summed E-state index contributed by atoms with van der Waals surface area (Å²) in [7, 11) is 1.45. The zero-order valence-corrected chi connectivity index (χ0v) is 17.0. The number of ketones is 1. The molecule has 10 nitrogen and oxygen atoms in total. The summed E-state index contributed by atoms with van der Waals surface area (Å²) in [5.74, 6) is -2.66. The normalized spacial score (nSPS) is 23.8. The number of nitrogens with zero attached hydrogens (tertiary/aromatic N) is 5. The maximum Gasteiger partial charge on any atom is 0.297 e. The third-order valence-corrected chi connectivity index (χ3v) is 5.44. The van der Waals surface area contributed by atoms with E-state index in [2.05, 4.69) is 20.4 Å². The van der Waals surface area contributed by atoms with E-state index in [0.717, 1.165) is 11.3 Å². The zero-order chi connectivity index (χ0) is 22.2. The molecule has 0 aliphatic carbocycles. The molecule has 4 rings (SSSR count). The molecule has 1 fully saturated rings. The minimum absolute atomic E-state index is 0.0270. The van der Waals surface area contributed by atoms with Crippen molar-refractivity contribution in [2.75, 3.05) is 13.7 Å². The van der Waals surface area contributed by atoms with Crippen molar-refractivity contribution in [3.05, 3.63) is 42.2 Å². The summed E-state index contributed by atoms with van der Waals surface area (Å²) in [4.78, 5) is 47.0. The summed E-state index contributed by atoms with van der Waals surface area (Å²) >= 11 is 0. The van der Waals surface area contributed by atoms with Gasteiger partial charge in [-0.25, -0.2) is 19.0 Å². The van der Waals surface area contributed by atoms with Gasteiger partial charge in [-0.05, 0) is 37.5 Å². The number of carbonyl (C=O) groups is 3. The summed E-state index contributed by atoms with van der Waals surface area (Å²) in [6, 6.07) is 2.50. The Morgan fingerprint density at radius 1 is 1.39 bits per heavy atom. The smallest absolute Gasteiger partial charge is 0.297 e. The molecule has 2 aromatic rings. The van der Waals surface area contributed by atoms with E-state index in [1.54, 1.807) is 6.92 Å². The Morgan fingerprint density at radius 2 is 2.19 bits per heavy atom. The molecule has 2 aliphatic rings. The van der Waals surface area contributed by atoms with Crippen molar-refractivity contribution in [1.29, 1.82) is 0 Å². The number of halogens is 1. The average Bonchev–Trinajstić information content (AvgIpc) is 3.43. The topological polar surface area (TPSA) is 119 Å². The number of likely N-dealkylation sites (N-methyl/N-ethyl adjacent to an activating group) is 1. The summed E-state index contributed by atoms with van der Waals surface area (Å²) < 4.78 is 20.8. The largest absolute Gasteiger partial charge is 0.367 e. The number of hydrogen-bond donors (Lipinski definition) is 1. The quantitative estimate of drug-likeness (QED) is 0.544. The summed E-state index contributed by atoms with van der Waals surface area (Å²) in [6.45, 7) is 2.27. The monoisotopic (exact) mass is 428 g/mol. The number of benzene rings is 1. The van der Waals surface area contributed by atoms with Crippen LogP contribution in [0.2, 0.25) is 0 Å². The van der Waals surface area contributed by atoms with Crippen LogP contribution in [0.15, 0.2) is 35.8 Å². The number of amidine groups is 1. The van der Waals surface area contributed by atoms with Crippen molar-refractivity contribution in [3.8, 4) is 5.69 Å². The predicted octanol–water partition coefficient (Wildman–Crippen LogP) is 0.400. The van der Waals surface area contributed by atoms with Gasteiger partial charge in [0.1, 0.15) is 29.9 Å². The maximum absolute atomic E-state index is 13.7. The van der Waals surface area contributed by atoms with Crippen LogP contribution in [0.5, 0.6) is 0 Å². The first-order chi connectivity index (χ1) is 14.8. The summed E-state index contributed by atoms with van der Waals surface area (Å²) in [5.41, 5.74) is 0.0998. The van der Waals surface area contributed by atoms with Crippen molar-refractivity contribution >= 4 is 23.4 Å². The molecular formula is C20H21FN6O4. The Labute approximate surface area is 177 Å². The third kappa shape index (κ3) is 3.83. The number of ether oxygens (including phenoxy) is 1. The first-order valence-corrected chi connectivity index (χ1v) is 9.75. The average molecular weight is 428 g/mol. The van der Waals surface area contributed by atoms with Crippen LogP contribution >= 0.6 is 0 Å². The highest BCUT2D eigenvalue weighted by Gasteiger charge is 2.47. The molecule has 2 unspecified atom stereocenters. The first-order valence-electron chi connectivity index (χ1n) is 9.75. The molecule has 0 spiro atoms. The van der Waals surface area contributed by atoms with Crippen LogP contribution in [0.1, 0.15) is 25.3 Å². The van der Waals surface area contributed by atoms with Gasteiger partial charge in [-0.2, -0.15) is 5.10 Å². The molecule has 1 N–H and O–H groups in total. The maximum atomic E-state index is 13.7. The molecule has 2 atom stereocenters. The fourth-order valence-electron chi connectivity index (χ4n) is 3.78. The van der Waals surface area contributed by atoms with Crippen molar-refractivity contribution in [2.24, 2.45) is 4.99 Å². The minimum Gasteiger partial charge on any atom is -0.367 e. The Morgan fingerprint density at radius 3 is 2.87 bits per heavy atom. The van der Waals surface area contributed by atoms with Crippen LogP contribution in [0.25, 0.3) is 5.69 Å². The van der Waals surface area contributed by atoms with E-state index in [1.807, 2.05) is 0 Å². The number of rotatable bonds is 5. The van der Waals surface area contributed by atoms with Gasteiger partial charge < -0.3 is 10.1 Å². The van der Waals surface area contributed by atoms with Crippen LogP contribution in [0.3, 0.4) is 0 Å². The highest BCUT2D eigenvalue weighted by Crippen LogP contribution is 2.30. The standard InChI is InChI=1S/C20H21FN6O4/c1-20(6-3-7-31-20)19-25-15(16(28)18(30)26(19)2)17(29)23-9-12-4-5-13(21)8-14(12)27-11-22-10-24-27/h4-5,8,10-11,15H,3,6-7,9H2,1-2H3,(H,23,29). The van der Waals surface area contributed by atoms with Gasteiger partial charge in [0.25, 0.3) is 17.6 Å². The van der Waals surface area contributed by atoms with E-state index in [1.165, 1.54) is 42.6 Å². The lowest BCUT2D eigenvalue weighted by Crippen LogP contribution is -2.58. The van der Waals surface area contributed by atoms with Crippen LogP contribution in [-0.4, -0.2) is 68.4 Å². The van der Waals surface area contributed by atoms with Gasteiger partial charge in [0.05, 0.1) is 5.69 Å². The lowest BCUT2D eigenvalue weighted by molar-refractivity contribution is -0.145. The molecule has 2 amide bonds. The van der Waals surface area contributed by atoms with Crippen molar-refractivity contribution in [1.82, 2.24) is 25.0 Å². The number of aliphatic imine (C=N–C) groups is 1. The van der Waals surface area contributed by atoms with Gasteiger partial charge in [-0.1, -0.05) is 6.07 Å². The Kier molecular flexibility index (Phi) is 5.36. The number of carbonyl (C=O) groups excluding carboxylic acids is 3. The lowest BCUT2D eigenvalue weighted by atomic mass is 9.97. The molecule has 31 heavy (non-hydrogen) atoms. The minimum atomic E-state index is -1.50. The predicted molar refractivity (Wildman–Crippen MR) is 106 cm³/mol. The fraction of sp³-hybridized carbons (Fsp3) is 0.400. The van der Waals surface area contributed by atoms with E-state index in [-0.39, 0.29) is 12.4 Å². The number of nitrogens with one attached hydrogen (secondary N) is 1. The van der Waals surface area contributed by atoms with Crippen LogP contribution in [-0.2, 0) is 25.7 Å². The molecule has 0 radical (unpaired) electrons. The second-order valence-electron chi connectivity index (χ2n) is 7.60. The summed E-state index contributed by atoms with van der Waals surface area (Å²) in [6.07, 6.45) is 4.12. The highest BCUT2D eigenvalue weighted by atomic mass is 19.1. The second-order valence-corrected chi connectivity index (χ2v) is 7.60. The molecule has 0 bridgehead atoms. The number of aromatic nitrogens is 3. The number of hydrogen-bond acceptors (Lipinski definition) is 7. The van der Waals surface area contributed by atoms with E-state index in [4.69, 9.17) is 4.74 Å². The Balaban J connectivity index is 1.57. The fourth-order valence-corrected chi connectivity index (χ4v) is 3.78. The molecular weight excluding hydrogens is 407 g/mol. The van der Waals surface area contributed by atoms with Crippen LogP contribution < -0.4 is 5.32 Å². The second kappa shape index (κ2) is 7.99. The highest BCUT2D eigenvalue weighted by molar-refractivity contribution is 6.46. The van der Waals surface area contributed by atoms with Gasteiger partial charge in [-0.15, -0.1) is 0 Å². The molecule has 1 aromatic carbocycles. The van der Waals surface area contributed by atoms with E-state index >= 15 is 0 Å². The van der Waals surface area contributed by atoms with Gasteiger partial charge in [-0.3, -0.25) is 19.3 Å². The van der Waals surface area contributed by atoms with Crippen molar-refractivity contribution < 1.29 is 23.5 Å². The van der Waals surface area contributed by atoms with Crippen LogP contribution in [0, 0.1) is 5.82 Å². The van der Waals surface area contributed by atoms with E-state index in [0.29, 0.717) is 24.3 Å². The molecule has 162 valence electrons. The summed E-state index contributed by atoms with van der Waals surface area (Å²) in [5, 5.41) is 6.60. The SMILES string of the molecule is CN1C(=O)C(=O)C(C(=O)NCc2ccc(F)cc2-n2cncn2)N=C1C1(C)CCCO1. The molecule has 1 aromatic heterocycles. The van der Waals surface area contributed by atoms with E-state index in [9.17, 15) is 18.8 Å². The molecule has 0 saturated carbocycles. The number of Topliss-reactive ketones (excluding diaryl/α,β-unsaturated/α-hetero) is 1. The van der Waals surface area contributed by atoms with Gasteiger partial charge in [0.15, 0.2) is 6.04 Å². The number of amides is 2. The van der Waals surface area contributed by atoms with E-state index < -0.39 is 35.1 Å². The van der Waals surface area contributed by atoms with Crippen molar-refractivity contribution in [3.63, 3.8) is 0 Å².